The average molecular weight is 452 g/mol. The van der Waals surface area contributed by atoms with E-state index in [-0.39, 0.29) is 11.7 Å². The maximum atomic E-state index is 13.0. The van der Waals surface area contributed by atoms with Gasteiger partial charge in [0, 0.05) is 22.1 Å². The summed E-state index contributed by atoms with van der Waals surface area (Å²) in [6.45, 7) is 1.98. The Balaban J connectivity index is 1.40. The first-order valence-corrected chi connectivity index (χ1v) is 11.3. The van der Waals surface area contributed by atoms with E-state index >= 15 is 0 Å². The summed E-state index contributed by atoms with van der Waals surface area (Å²) in [5, 5.41) is 5.93. The van der Waals surface area contributed by atoms with Crippen LogP contribution in [0.25, 0.3) is 0 Å². The highest BCUT2D eigenvalue weighted by molar-refractivity contribution is 7.98. The molecule has 0 saturated heterocycles. The van der Waals surface area contributed by atoms with E-state index in [4.69, 9.17) is 4.74 Å². The number of rotatable bonds is 7. The van der Waals surface area contributed by atoms with Crippen LogP contribution in [0.1, 0.15) is 21.1 Å². The minimum absolute atomic E-state index is 0.216. The maximum Gasteiger partial charge on any atom is 0.256 e. The quantitative estimate of drug-likeness (QED) is 0.333. The number of pyridine rings is 1. The van der Waals surface area contributed by atoms with E-state index in [1.807, 2.05) is 30.5 Å². The van der Waals surface area contributed by atoms with Crippen molar-refractivity contribution in [3.8, 4) is 11.6 Å². The molecule has 8 heteroatoms. The number of halogens is 1. The van der Waals surface area contributed by atoms with Gasteiger partial charge >= 0.3 is 0 Å². The lowest BCUT2D eigenvalue weighted by Gasteiger charge is -2.10. The van der Waals surface area contributed by atoms with E-state index in [2.05, 4.69) is 15.3 Å². The molecular formula is C23H18FN3O2S2. The second-order valence-corrected chi connectivity index (χ2v) is 8.62. The number of anilines is 1. The molecule has 4 aromatic rings. The highest BCUT2D eigenvalue weighted by Gasteiger charge is 2.13. The van der Waals surface area contributed by atoms with Gasteiger partial charge in [-0.2, -0.15) is 0 Å². The van der Waals surface area contributed by atoms with Gasteiger partial charge in [-0.25, -0.2) is 14.4 Å². The van der Waals surface area contributed by atoms with Crippen LogP contribution in [0.5, 0.6) is 11.6 Å². The van der Waals surface area contributed by atoms with Gasteiger partial charge in [0.1, 0.15) is 11.6 Å². The molecule has 5 nitrogen and oxygen atoms in total. The molecule has 0 aliphatic carbocycles. The Kier molecular flexibility index (Phi) is 6.59. The van der Waals surface area contributed by atoms with Crippen LogP contribution < -0.4 is 10.1 Å². The highest BCUT2D eigenvalue weighted by atomic mass is 32.2. The Bertz CT molecular complexity index is 1180. The predicted molar refractivity (Wildman–Crippen MR) is 122 cm³/mol. The topological polar surface area (TPSA) is 64.1 Å². The van der Waals surface area contributed by atoms with E-state index in [0.29, 0.717) is 28.6 Å². The van der Waals surface area contributed by atoms with E-state index in [1.54, 1.807) is 41.3 Å². The van der Waals surface area contributed by atoms with Gasteiger partial charge in [-0.15, -0.1) is 23.1 Å². The summed E-state index contributed by atoms with van der Waals surface area (Å²) in [5.74, 6) is 0.974. The van der Waals surface area contributed by atoms with Gasteiger partial charge < -0.3 is 10.1 Å². The molecule has 156 valence electrons. The number of aromatic nitrogens is 2. The van der Waals surface area contributed by atoms with Crippen LogP contribution in [0.2, 0.25) is 0 Å². The fraction of sp³-hybridized carbons (Fsp3) is 0.0870. The first-order chi connectivity index (χ1) is 15.1. The minimum Gasteiger partial charge on any atom is -0.439 e. The van der Waals surface area contributed by atoms with Crippen molar-refractivity contribution in [2.45, 2.75) is 17.6 Å². The lowest BCUT2D eigenvalue weighted by Crippen LogP contribution is -2.13. The molecule has 4 rings (SSSR count). The number of ether oxygens (including phenoxy) is 1. The Hall–Kier alpha value is -3.23. The van der Waals surface area contributed by atoms with Gasteiger partial charge in [0.05, 0.1) is 28.1 Å². The fourth-order valence-electron chi connectivity index (χ4n) is 2.74. The number of benzene rings is 2. The number of thiazole rings is 1. The largest absolute Gasteiger partial charge is 0.439 e. The molecular weight excluding hydrogens is 433 g/mol. The van der Waals surface area contributed by atoms with Crippen molar-refractivity contribution in [2.24, 2.45) is 0 Å². The zero-order valence-corrected chi connectivity index (χ0v) is 18.2. The van der Waals surface area contributed by atoms with Gasteiger partial charge in [-0.05, 0) is 49.4 Å². The number of aryl methyl sites for hydroxylation is 1. The Morgan fingerprint density at radius 2 is 1.94 bits per heavy atom. The second kappa shape index (κ2) is 9.72. The number of amides is 1. The van der Waals surface area contributed by atoms with Crippen molar-refractivity contribution in [2.75, 3.05) is 5.32 Å². The Morgan fingerprint density at radius 3 is 2.65 bits per heavy atom. The fourth-order valence-corrected chi connectivity index (χ4v) is 4.40. The number of hydrogen-bond donors (Lipinski definition) is 1. The number of carbonyl (C=O) groups is 1. The van der Waals surface area contributed by atoms with Gasteiger partial charge in [-0.1, -0.05) is 12.1 Å². The molecule has 0 bridgehead atoms. The van der Waals surface area contributed by atoms with Crippen LogP contribution in [-0.4, -0.2) is 15.9 Å². The smallest absolute Gasteiger partial charge is 0.256 e. The van der Waals surface area contributed by atoms with Crippen molar-refractivity contribution in [1.29, 1.82) is 0 Å². The van der Waals surface area contributed by atoms with Crippen LogP contribution in [0.15, 0.2) is 77.1 Å². The molecule has 2 aromatic heterocycles. The minimum atomic E-state index is -0.335. The van der Waals surface area contributed by atoms with Gasteiger partial charge in [0.15, 0.2) is 0 Å². The Labute approximate surface area is 187 Å². The monoisotopic (exact) mass is 451 g/mol. The summed E-state index contributed by atoms with van der Waals surface area (Å²) in [6, 6.07) is 16.5. The molecule has 1 N–H and O–H groups in total. The summed E-state index contributed by atoms with van der Waals surface area (Å²) >= 11 is 3.19. The highest BCUT2D eigenvalue weighted by Crippen LogP contribution is 2.28. The standard InChI is InChI=1S/C23H18FN3O2S2/c1-15-26-18(13-30-15)14-31-21-5-3-2-4-20(21)23(28)27-17-8-11-22(25-12-17)29-19-9-6-16(24)7-10-19/h2-13H,14H2,1H3,(H,27,28). The SMILES string of the molecule is Cc1nc(CSc2ccccc2C(=O)Nc2ccc(Oc3ccc(F)cc3)nc2)cs1. The number of carbonyl (C=O) groups excluding carboxylic acids is 1. The van der Waals surface area contributed by atoms with E-state index < -0.39 is 0 Å². The zero-order chi connectivity index (χ0) is 21.6. The van der Waals surface area contributed by atoms with Gasteiger partial charge in [0.2, 0.25) is 5.88 Å². The predicted octanol–water partition coefficient (Wildman–Crippen LogP) is 6.32. The number of hydrogen-bond acceptors (Lipinski definition) is 6. The summed E-state index contributed by atoms with van der Waals surface area (Å²) in [7, 11) is 0. The molecule has 0 atom stereocenters. The second-order valence-electron chi connectivity index (χ2n) is 6.54. The van der Waals surface area contributed by atoms with Crippen LogP contribution in [0.4, 0.5) is 10.1 Å². The number of nitrogens with zero attached hydrogens (tertiary/aromatic N) is 2. The van der Waals surface area contributed by atoms with Crippen LogP contribution >= 0.6 is 23.1 Å². The summed E-state index contributed by atoms with van der Waals surface area (Å²) in [6.07, 6.45) is 1.52. The third kappa shape index (κ3) is 5.68. The molecule has 0 spiro atoms. The van der Waals surface area contributed by atoms with E-state index in [0.717, 1.165) is 15.6 Å². The van der Waals surface area contributed by atoms with Gasteiger partial charge in [-0.3, -0.25) is 4.79 Å². The van der Waals surface area contributed by atoms with Crippen molar-refractivity contribution in [1.82, 2.24) is 9.97 Å². The molecule has 1 amide bonds. The van der Waals surface area contributed by atoms with Crippen molar-refractivity contribution < 1.29 is 13.9 Å². The molecule has 2 aromatic carbocycles. The normalized spacial score (nSPS) is 10.6. The first-order valence-electron chi connectivity index (χ1n) is 9.40. The zero-order valence-electron chi connectivity index (χ0n) is 16.5. The molecule has 2 heterocycles. The van der Waals surface area contributed by atoms with Crippen molar-refractivity contribution in [3.63, 3.8) is 0 Å². The summed E-state index contributed by atoms with van der Waals surface area (Å²) in [4.78, 5) is 22.4. The third-order valence-electron chi connectivity index (χ3n) is 4.20. The number of thioether (sulfide) groups is 1. The first kappa shape index (κ1) is 21.0. The lowest BCUT2D eigenvalue weighted by molar-refractivity contribution is 0.102. The third-order valence-corrected chi connectivity index (χ3v) is 6.13. The Morgan fingerprint density at radius 1 is 1.13 bits per heavy atom. The summed E-state index contributed by atoms with van der Waals surface area (Å²) in [5.41, 5.74) is 2.14. The van der Waals surface area contributed by atoms with Crippen LogP contribution in [0.3, 0.4) is 0 Å². The summed E-state index contributed by atoms with van der Waals surface area (Å²) < 4.78 is 18.6. The molecule has 0 saturated carbocycles. The maximum absolute atomic E-state index is 13.0. The molecule has 0 aliphatic heterocycles. The molecule has 31 heavy (non-hydrogen) atoms. The lowest BCUT2D eigenvalue weighted by atomic mass is 10.2. The van der Waals surface area contributed by atoms with E-state index in [9.17, 15) is 9.18 Å². The number of nitrogens with one attached hydrogen (secondary N) is 1. The molecule has 0 fully saturated rings. The molecule has 0 unspecified atom stereocenters. The van der Waals surface area contributed by atoms with Crippen LogP contribution in [0, 0.1) is 12.7 Å². The average Bonchev–Trinajstić information content (AvgIpc) is 3.20. The van der Waals surface area contributed by atoms with E-state index in [1.165, 1.54) is 30.5 Å². The van der Waals surface area contributed by atoms with Crippen LogP contribution in [-0.2, 0) is 5.75 Å². The van der Waals surface area contributed by atoms with Gasteiger partial charge in [0.25, 0.3) is 5.91 Å². The molecule has 0 aliphatic rings. The van der Waals surface area contributed by atoms with Crippen molar-refractivity contribution >= 4 is 34.7 Å². The van der Waals surface area contributed by atoms with Crippen molar-refractivity contribution in [3.05, 3.63) is 94.3 Å². The molecule has 0 radical (unpaired) electrons.